The fourth-order valence-electron chi connectivity index (χ4n) is 3.20. The lowest BCUT2D eigenvalue weighted by Crippen LogP contribution is -2.43. The van der Waals surface area contributed by atoms with E-state index in [1.165, 1.54) is 36.1 Å². The lowest BCUT2D eigenvalue weighted by Gasteiger charge is -2.30. The quantitative estimate of drug-likeness (QED) is 0.737. The summed E-state index contributed by atoms with van der Waals surface area (Å²) in [5.74, 6) is 1.86. The van der Waals surface area contributed by atoms with Crippen LogP contribution in [0.5, 0.6) is 0 Å². The van der Waals surface area contributed by atoms with Gasteiger partial charge in [0.05, 0.1) is 5.25 Å². The van der Waals surface area contributed by atoms with E-state index in [0.717, 1.165) is 11.8 Å². The largest absolute Gasteiger partial charge is 0.341 e. The number of carbonyl (C=O) groups excluding carboxylic acids is 1. The number of hydrogen-bond acceptors (Lipinski definition) is 2. The zero-order chi connectivity index (χ0) is 15.0. The van der Waals surface area contributed by atoms with Gasteiger partial charge in [-0.15, -0.1) is 11.8 Å². The summed E-state index contributed by atoms with van der Waals surface area (Å²) in [7, 11) is 2.02. The molecule has 0 heterocycles. The van der Waals surface area contributed by atoms with Crippen molar-refractivity contribution >= 4 is 17.7 Å². The predicted octanol–water partition coefficient (Wildman–Crippen LogP) is 4.12. The molecule has 1 unspecified atom stereocenters. The number of carbonyl (C=O) groups is 1. The Morgan fingerprint density at radius 1 is 1.14 bits per heavy atom. The molecule has 3 rings (SSSR count). The van der Waals surface area contributed by atoms with Gasteiger partial charge < -0.3 is 4.90 Å². The van der Waals surface area contributed by atoms with E-state index in [1.807, 2.05) is 14.0 Å². The fourth-order valence-corrected chi connectivity index (χ4v) is 4.17. The van der Waals surface area contributed by atoms with Gasteiger partial charge in [0.1, 0.15) is 0 Å². The minimum atomic E-state index is -0.00212. The molecule has 21 heavy (non-hydrogen) atoms. The summed E-state index contributed by atoms with van der Waals surface area (Å²) in [4.78, 5) is 16.0. The van der Waals surface area contributed by atoms with Gasteiger partial charge in [0.15, 0.2) is 0 Å². The highest BCUT2D eigenvalue weighted by Gasteiger charge is 2.45. The van der Waals surface area contributed by atoms with Crippen LogP contribution in [0.25, 0.3) is 0 Å². The first-order valence-corrected chi connectivity index (χ1v) is 8.94. The first kappa shape index (κ1) is 15.0. The average Bonchev–Trinajstić information content (AvgIpc) is 3.34. The van der Waals surface area contributed by atoms with E-state index in [2.05, 4.69) is 36.1 Å². The van der Waals surface area contributed by atoms with E-state index in [0.29, 0.717) is 11.9 Å². The summed E-state index contributed by atoms with van der Waals surface area (Å²) < 4.78 is 0. The summed E-state index contributed by atoms with van der Waals surface area (Å²) in [6.07, 6.45) is 5.27. The molecule has 2 aliphatic rings. The third kappa shape index (κ3) is 3.63. The maximum absolute atomic E-state index is 12.7. The number of benzene rings is 1. The highest BCUT2D eigenvalue weighted by molar-refractivity contribution is 8.00. The van der Waals surface area contributed by atoms with Crippen molar-refractivity contribution in [3.8, 4) is 0 Å². The second-order valence-corrected chi connectivity index (χ2v) is 8.10. The third-order valence-corrected chi connectivity index (χ3v) is 5.79. The normalized spacial score (nSPS) is 19.6. The van der Waals surface area contributed by atoms with Crippen molar-refractivity contribution in [3.63, 3.8) is 0 Å². The Hall–Kier alpha value is -0.960. The molecule has 1 atom stereocenters. The number of thioether (sulfide) groups is 1. The molecular formula is C18H25NOS. The molecule has 114 valence electrons. The first-order chi connectivity index (χ1) is 10.1. The minimum Gasteiger partial charge on any atom is -0.341 e. The van der Waals surface area contributed by atoms with Crippen LogP contribution in [0.1, 0.15) is 38.2 Å². The van der Waals surface area contributed by atoms with Crippen molar-refractivity contribution in [3.05, 3.63) is 29.8 Å². The van der Waals surface area contributed by atoms with Gasteiger partial charge in [-0.25, -0.2) is 0 Å². The lowest BCUT2D eigenvalue weighted by molar-refractivity contribution is -0.131. The molecule has 0 bridgehead atoms. The molecular weight excluding hydrogens is 278 g/mol. The topological polar surface area (TPSA) is 20.3 Å². The molecule has 1 aromatic carbocycles. The molecule has 3 heteroatoms. The maximum atomic E-state index is 12.7. The van der Waals surface area contributed by atoms with Crippen LogP contribution in [-0.2, 0) is 4.79 Å². The van der Waals surface area contributed by atoms with Gasteiger partial charge in [0.2, 0.25) is 5.91 Å². The summed E-state index contributed by atoms with van der Waals surface area (Å²) in [6, 6.07) is 8.96. The summed E-state index contributed by atoms with van der Waals surface area (Å²) in [5.41, 5.74) is 1.26. The van der Waals surface area contributed by atoms with Crippen LogP contribution in [-0.4, -0.2) is 29.1 Å². The zero-order valence-electron chi connectivity index (χ0n) is 13.2. The Balaban J connectivity index is 1.61. The Morgan fingerprint density at radius 2 is 1.67 bits per heavy atom. The first-order valence-electron chi connectivity index (χ1n) is 8.06. The molecule has 0 N–H and O–H groups in total. The Morgan fingerprint density at radius 3 is 2.14 bits per heavy atom. The number of amides is 1. The van der Waals surface area contributed by atoms with Crippen molar-refractivity contribution in [2.45, 2.75) is 55.7 Å². The number of hydrogen-bond donors (Lipinski definition) is 0. The summed E-state index contributed by atoms with van der Waals surface area (Å²) >= 11 is 1.68. The smallest absolute Gasteiger partial charge is 0.235 e. The lowest BCUT2D eigenvalue weighted by atomic mass is 10.1. The third-order valence-electron chi connectivity index (χ3n) is 4.69. The van der Waals surface area contributed by atoms with E-state index >= 15 is 0 Å². The van der Waals surface area contributed by atoms with Gasteiger partial charge in [0, 0.05) is 18.0 Å². The van der Waals surface area contributed by atoms with Gasteiger partial charge in [-0.2, -0.15) is 0 Å². The van der Waals surface area contributed by atoms with E-state index in [4.69, 9.17) is 0 Å². The van der Waals surface area contributed by atoms with Crippen LogP contribution in [0.3, 0.4) is 0 Å². The molecule has 0 radical (unpaired) electrons. The Kier molecular flexibility index (Phi) is 4.30. The molecule has 0 saturated heterocycles. The van der Waals surface area contributed by atoms with Gasteiger partial charge >= 0.3 is 0 Å². The van der Waals surface area contributed by atoms with Crippen LogP contribution in [0.2, 0.25) is 0 Å². The average molecular weight is 303 g/mol. The molecule has 2 aliphatic carbocycles. The zero-order valence-corrected chi connectivity index (χ0v) is 14.0. The van der Waals surface area contributed by atoms with Crippen LogP contribution < -0.4 is 0 Å². The molecule has 1 amide bonds. The van der Waals surface area contributed by atoms with Gasteiger partial charge in [0.25, 0.3) is 0 Å². The summed E-state index contributed by atoms with van der Waals surface area (Å²) in [6.45, 7) is 4.13. The van der Waals surface area contributed by atoms with Crippen molar-refractivity contribution < 1.29 is 4.79 Å². The maximum Gasteiger partial charge on any atom is 0.235 e. The number of aryl methyl sites for hydroxylation is 1. The standard InChI is InChI=1S/C18H25NOS/c1-12-4-10-16(11-5-12)21-13(2)18(20)19(3)17(14-6-7-14)15-8-9-15/h4-5,10-11,13-15,17H,6-9H2,1-3H3. The predicted molar refractivity (Wildman–Crippen MR) is 88.5 cm³/mol. The van der Waals surface area contributed by atoms with Crippen molar-refractivity contribution in [2.75, 3.05) is 7.05 Å². The summed E-state index contributed by atoms with van der Waals surface area (Å²) in [5, 5.41) is -0.00212. The Bertz CT molecular complexity index is 492. The second-order valence-electron chi connectivity index (χ2n) is 6.69. The van der Waals surface area contributed by atoms with Gasteiger partial charge in [-0.05, 0) is 63.5 Å². The van der Waals surface area contributed by atoms with E-state index < -0.39 is 0 Å². The van der Waals surface area contributed by atoms with Crippen LogP contribution in [0.4, 0.5) is 0 Å². The number of nitrogens with zero attached hydrogens (tertiary/aromatic N) is 1. The highest BCUT2D eigenvalue weighted by Crippen LogP contribution is 2.47. The van der Waals surface area contributed by atoms with Crippen LogP contribution >= 0.6 is 11.8 Å². The monoisotopic (exact) mass is 303 g/mol. The molecule has 2 saturated carbocycles. The van der Waals surface area contributed by atoms with Crippen LogP contribution in [0.15, 0.2) is 29.2 Å². The molecule has 0 aliphatic heterocycles. The van der Waals surface area contributed by atoms with Crippen molar-refractivity contribution in [1.29, 1.82) is 0 Å². The molecule has 0 spiro atoms. The second kappa shape index (κ2) is 6.04. The van der Waals surface area contributed by atoms with Crippen LogP contribution in [0, 0.1) is 18.8 Å². The van der Waals surface area contributed by atoms with E-state index in [9.17, 15) is 4.79 Å². The SMILES string of the molecule is Cc1ccc(SC(C)C(=O)N(C)C(C2CC2)C2CC2)cc1. The van der Waals surface area contributed by atoms with E-state index in [1.54, 1.807) is 11.8 Å². The van der Waals surface area contributed by atoms with E-state index in [-0.39, 0.29) is 5.25 Å². The van der Waals surface area contributed by atoms with Gasteiger partial charge in [-0.3, -0.25) is 4.79 Å². The molecule has 1 aromatic rings. The Labute approximate surface area is 132 Å². The van der Waals surface area contributed by atoms with Crippen molar-refractivity contribution in [1.82, 2.24) is 4.90 Å². The van der Waals surface area contributed by atoms with Gasteiger partial charge in [-0.1, -0.05) is 17.7 Å². The molecule has 2 fully saturated rings. The fraction of sp³-hybridized carbons (Fsp3) is 0.611. The number of rotatable bonds is 6. The minimum absolute atomic E-state index is 0.00212. The highest BCUT2D eigenvalue weighted by atomic mass is 32.2. The molecule has 2 nitrogen and oxygen atoms in total. The van der Waals surface area contributed by atoms with Crippen molar-refractivity contribution in [2.24, 2.45) is 11.8 Å². The molecule has 0 aromatic heterocycles.